The normalized spacial score (nSPS) is 9.73. The number of aliphatic imine (C=N–C) groups is 1. The molecule has 0 heterocycles. The Morgan fingerprint density at radius 1 is 1.00 bits per heavy atom. The molecule has 1 nitrogen and oxygen atoms in total. The predicted octanol–water partition coefficient (Wildman–Crippen LogP) is 3.42. The zero-order valence-corrected chi connectivity index (χ0v) is 8.52. The van der Waals surface area contributed by atoms with E-state index in [1.54, 1.807) is 0 Å². The average molecular weight is 153 g/mol. The van der Waals surface area contributed by atoms with Crippen molar-refractivity contribution >= 4 is 5.71 Å². The Balaban J connectivity index is 4.66. The highest BCUT2D eigenvalue weighted by Crippen LogP contribution is 2.15. The molecule has 0 N–H and O–H groups in total. The SMILES string of the molecule is CC(C)=NC(=C(C)C)C(C)C. The lowest BCUT2D eigenvalue weighted by Gasteiger charge is -2.08. The molecule has 0 aliphatic carbocycles. The molecule has 0 saturated heterocycles. The topological polar surface area (TPSA) is 12.4 Å². The zero-order valence-electron chi connectivity index (χ0n) is 8.52. The summed E-state index contributed by atoms with van der Waals surface area (Å²) in [6.45, 7) is 12.6. The van der Waals surface area contributed by atoms with Gasteiger partial charge in [-0.3, -0.25) is 4.99 Å². The Bertz CT molecular complexity index is 177. The second-order valence-corrected chi connectivity index (χ2v) is 3.60. The lowest BCUT2D eigenvalue weighted by molar-refractivity contribution is 0.744. The molecule has 0 aliphatic heterocycles. The molecule has 0 spiro atoms. The van der Waals surface area contributed by atoms with Gasteiger partial charge in [-0.1, -0.05) is 19.4 Å². The van der Waals surface area contributed by atoms with Gasteiger partial charge in [0.15, 0.2) is 0 Å². The quantitative estimate of drug-likeness (QED) is 0.539. The molecule has 0 radical (unpaired) electrons. The van der Waals surface area contributed by atoms with E-state index in [-0.39, 0.29) is 0 Å². The van der Waals surface area contributed by atoms with E-state index in [1.165, 1.54) is 11.3 Å². The maximum absolute atomic E-state index is 4.47. The fourth-order valence-corrected chi connectivity index (χ4v) is 1.06. The third-order valence-corrected chi connectivity index (χ3v) is 1.40. The Morgan fingerprint density at radius 3 is 1.55 bits per heavy atom. The minimum absolute atomic E-state index is 0.537. The number of nitrogens with zero attached hydrogens (tertiary/aromatic N) is 1. The molecule has 0 aliphatic rings. The van der Waals surface area contributed by atoms with Gasteiger partial charge in [-0.15, -0.1) is 0 Å². The second kappa shape index (κ2) is 4.32. The van der Waals surface area contributed by atoms with Crippen molar-refractivity contribution in [3.8, 4) is 0 Å². The van der Waals surface area contributed by atoms with Crippen LogP contribution in [-0.2, 0) is 0 Å². The van der Waals surface area contributed by atoms with E-state index in [0.717, 1.165) is 5.71 Å². The standard InChI is InChI=1S/C10H19N/c1-7(2)10(8(3)4)11-9(5)6/h7H,1-6H3. The van der Waals surface area contributed by atoms with Crippen molar-refractivity contribution in [3.05, 3.63) is 11.3 Å². The molecule has 64 valence electrons. The van der Waals surface area contributed by atoms with Crippen molar-refractivity contribution in [2.45, 2.75) is 41.5 Å². The molecule has 0 rings (SSSR count). The van der Waals surface area contributed by atoms with Crippen LogP contribution in [-0.4, -0.2) is 5.71 Å². The van der Waals surface area contributed by atoms with Crippen molar-refractivity contribution in [3.63, 3.8) is 0 Å². The molecular formula is C10H19N. The van der Waals surface area contributed by atoms with E-state index in [2.05, 4.69) is 32.7 Å². The summed E-state index contributed by atoms with van der Waals surface area (Å²) in [6, 6.07) is 0. The summed E-state index contributed by atoms with van der Waals surface area (Å²) in [5, 5.41) is 0. The smallest absolute Gasteiger partial charge is 0.0414 e. The summed E-state index contributed by atoms with van der Waals surface area (Å²) in [6.07, 6.45) is 0. The van der Waals surface area contributed by atoms with Crippen LogP contribution in [0.5, 0.6) is 0 Å². The summed E-state index contributed by atoms with van der Waals surface area (Å²) in [7, 11) is 0. The summed E-state index contributed by atoms with van der Waals surface area (Å²) in [5.74, 6) is 0.537. The van der Waals surface area contributed by atoms with Gasteiger partial charge in [0.25, 0.3) is 0 Å². The zero-order chi connectivity index (χ0) is 9.02. The van der Waals surface area contributed by atoms with E-state index < -0.39 is 0 Å². The summed E-state index contributed by atoms with van der Waals surface area (Å²) < 4.78 is 0. The van der Waals surface area contributed by atoms with E-state index >= 15 is 0 Å². The van der Waals surface area contributed by atoms with Gasteiger partial charge in [0.1, 0.15) is 0 Å². The molecule has 0 atom stereocenters. The van der Waals surface area contributed by atoms with Gasteiger partial charge in [-0.05, 0) is 33.6 Å². The molecule has 0 saturated carbocycles. The third-order valence-electron chi connectivity index (χ3n) is 1.40. The van der Waals surface area contributed by atoms with Gasteiger partial charge in [-0.25, -0.2) is 0 Å². The fourth-order valence-electron chi connectivity index (χ4n) is 1.06. The van der Waals surface area contributed by atoms with Crippen molar-refractivity contribution in [2.24, 2.45) is 10.9 Å². The van der Waals surface area contributed by atoms with E-state index in [1.807, 2.05) is 13.8 Å². The lowest BCUT2D eigenvalue weighted by atomic mass is 10.1. The molecule has 0 aromatic rings. The third kappa shape index (κ3) is 3.97. The van der Waals surface area contributed by atoms with Crippen LogP contribution in [0.1, 0.15) is 41.5 Å². The Kier molecular flexibility index (Phi) is 4.09. The Morgan fingerprint density at radius 2 is 1.45 bits per heavy atom. The number of hydrogen-bond donors (Lipinski definition) is 0. The highest BCUT2D eigenvalue weighted by Gasteiger charge is 2.02. The summed E-state index contributed by atoms with van der Waals surface area (Å²) in [4.78, 5) is 4.47. The number of hydrogen-bond acceptors (Lipinski definition) is 1. The molecule has 0 unspecified atom stereocenters. The number of rotatable bonds is 2. The molecule has 1 heteroatoms. The summed E-state index contributed by atoms with van der Waals surface area (Å²) in [5.41, 5.74) is 3.68. The van der Waals surface area contributed by atoms with Gasteiger partial charge < -0.3 is 0 Å². The predicted molar refractivity (Wildman–Crippen MR) is 52.0 cm³/mol. The highest BCUT2D eigenvalue weighted by molar-refractivity contribution is 5.80. The Labute approximate surface area is 70.2 Å². The van der Waals surface area contributed by atoms with Crippen LogP contribution in [0.4, 0.5) is 0 Å². The van der Waals surface area contributed by atoms with Gasteiger partial charge in [-0.2, -0.15) is 0 Å². The molecular weight excluding hydrogens is 134 g/mol. The van der Waals surface area contributed by atoms with E-state index in [9.17, 15) is 0 Å². The Hall–Kier alpha value is -0.590. The van der Waals surface area contributed by atoms with Gasteiger partial charge >= 0.3 is 0 Å². The first-order chi connectivity index (χ1) is 4.95. The molecule has 11 heavy (non-hydrogen) atoms. The van der Waals surface area contributed by atoms with Crippen molar-refractivity contribution in [2.75, 3.05) is 0 Å². The van der Waals surface area contributed by atoms with Crippen LogP contribution in [0.25, 0.3) is 0 Å². The van der Waals surface area contributed by atoms with Crippen molar-refractivity contribution < 1.29 is 0 Å². The monoisotopic (exact) mass is 153 g/mol. The van der Waals surface area contributed by atoms with Crippen molar-refractivity contribution in [1.29, 1.82) is 0 Å². The molecule has 0 fully saturated rings. The average Bonchev–Trinajstić information content (AvgIpc) is 1.81. The van der Waals surface area contributed by atoms with Crippen LogP contribution in [0, 0.1) is 5.92 Å². The minimum Gasteiger partial charge on any atom is -0.263 e. The van der Waals surface area contributed by atoms with E-state index in [0.29, 0.717) is 5.92 Å². The summed E-state index contributed by atoms with van der Waals surface area (Å²) >= 11 is 0. The van der Waals surface area contributed by atoms with Crippen LogP contribution < -0.4 is 0 Å². The van der Waals surface area contributed by atoms with Gasteiger partial charge in [0.2, 0.25) is 0 Å². The molecule has 0 aromatic heterocycles. The highest BCUT2D eigenvalue weighted by atomic mass is 14.8. The van der Waals surface area contributed by atoms with Gasteiger partial charge in [0.05, 0.1) is 0 Å². The first-order valence-electron chi connectivity index (χ1n) is 4.14. The van der Waals surface area contributed by atoms with Crippen LogP contribution in [0.15, 0.2) is 16.3 Å². The van der Waals surface area contributed by atoms with E-state index in [4.69, 9.17) is 0 Å². The molecule has 0 amide bonds. The first kappa shape index (κ1) is 10.4. The molecule has 0 bridgehead atoms. The van der Waals surface area contributed by atoms with Gasteiger partial charge in [0, 0.05) is 11.4 Å². The lowest BCUT2D eigenvalue weighted by Crippen LogP contribution is -1.96. The minimum atomic E-state index is 0.537. The fraction of sp³-hybridized carbons (Fsp3) is 0.700. The second-order valence-electron chi connectivity index (χ2n) is 3.60. The largest absolute Gasteiger partial charge is 0.263 e. The number of allylic oxidation sites excluding steroid dienone is 2. The maximum atomic E-state index is 4.47. The first-order valence-corrected chi connectivity index (χ1v) is 4.14. The van der Waals surface area contributed by atoms with Crippen LogP contribution in [0.3, 0.4) is 0 Å². The molecule has 0 aromatic carbocycles. The van der Waals surface area contributed by atoms with Crippen molar-refractivity contribution in [1.82, 2.24) is 0 Å². The van der Waals surface area contributed by atoms with Crippen LogP contribution >= 0.6 is 0 Å². The van der Waals surface area contributed by atoms with Crippen LogP contribution in [0.2, 0.25) is 0 Å². The maximum Gasteiger partial charge on any atom is 0.0414 e.